The van der Waals surface area contributed by atoms with E-state index in [1.165, 1.54) is 0 Å². The summed E-state index contributed by atoms with van der Waals surface area (Å²) in [5.74, 6) is 1.48. The van der Waals surface area contributed by atoms with E-state index >= 15 is 0 Å². The van der Waals surface area contributed by atoms with Crippen molar-refractivity contribution >= 4 is 15.9 Å². The predicted molar refractivity (Wildman–Crippen MR) is 57.8 cm³/mol. The Hall–Kier alpha value is -0.740. The van der Waals surface area contributed by atoms with Crippen LogP contribution in [0.1, 0.15) is 6.92 Å². The summed E-state index contributed by atoms with van der Waals surface area (Å²) in [5.41, 5.74) is 0. The molecular weight excluding hydrogens is 248 g/mol. The number of rotatable bonds is 5. The molecule has 0 radical (unpaired) electrons. The molecule has 0 aromatic heterocycles. The topological polar surface area (TPSA) is 27.7 Å². The summed E-state index contributed by atoms with van der Waals surface area (Å²) in [6.07, 6.45) is 0. The van der Waals surface area contributed by atoms with E-state index in [4.69, 9.17) is 14.2 Å². The minimum absolute atomic E-state index is 0.252. The van der Waals surface area contributed by atoms with Crippen LogP contribution in [0.25, 0.3) is 0 Å². The molecule has 0 aliphatic heterocycles. The van der Waals surface area contributed by atoms with Crippen molar-refractivity contribution in [2.24, 2.45) is 0 Å². The summed E-state index contributed by atoms with van der Waals surface area (Å²) in [5, 5.41) is 0. The van der Waals surface area contributed by atoms with Crippen LogP contribution in [0.3, 0.4) is 0 Å². The highest BCUT2D eigenvalue weighted by atomic mass is 79.9. The van der Waals surface area contributed by atoms with E-state index < -0.39 is 0 Å². The van der Waals surface area contributed by atoms with Gasteiger partial charge in [-0.25, -0.2) is 0 Å². The molecule has 14 heavy (non-hydrogen) atoms. The van der Waals surface area contributed by atoms with Crippen LogP contribution >= 0.6 is 15.9 Å². The molecule has 0 atom stereocenters. The Morgan fingerprint density at radius 2 is 2.14 bits per heavy atom. The molecule has 0 fully saturated rings. The first-order valence-electron chi connectivity index (χ1n) is 4.32. The van der Waals surface area contributed by atoms with Gasteiger partial charge in [-0.2, -0.15) is 0 Å². The van der Waals surface area contributed by atoms with Crippen LogP contribution in [0.2, 0.25) is 0 Å². The third-order valence-electron chi connectivity index (χ3n) is 1.64. The quantitative estimate of drug-likeness (QED) is 0.602. The highest BCUT2D eigenvalue weighted by molar-refractivity contribution is 9.10. The van der Waals surface area contributed by atoms with Crippen LogP contribution in [-0.4, -0.2) is 20.5 Å². The summed E-state index contributed by atoms with van der Waals surface area (Å²) in [4.78, 5) is 0. The van der Waals surface area contributed by atoms with Crippen molar-refractivity contribution in [3.8, 4) is 11.5 Å². The second-order valence-electron chi connectivity index (χ2n) is 2.55. The lowest BCUT2D eigenvalue weighted by Gasteiger charge is -2.09. The minimum atomic E-state index is 0.252. The average molecular weight is 261 g/mol. The molecule has 0 N–H and O–H groups in total. The van der Waals surface area contributed by atoms with E-state index in [2.05, 4.69) is 15.9 Å². The van der Waals surface area contributed by atoms with Crippen LogP contribution in [0.15, 0.2) is 22.7 Å². The molecule has 1 aromatic carbocycles. The highest BCUT2D eigenvalue weighted by Gasteiger charge is 2.02. The normalized spacial score (nSPS) is 9.93. The van der Waals surface area contributed by atoms with Crippen molar-refractivity contribution in [2.45, 2.75) is 6.92 Å². The molecule has 0 aliphatic rings. The van der Waals surface area contributed by atoms with E-state index in [0.717, 1.165) is 16.0 Å². The Labute approximate surface area is 92.1 Å². The zero-order valence-corrected chi connectivity index (χ0v) is 9.83. The SMILES string of the molecule is CCOCOc1cc(OC)ccc1Br. The summed E-state index contributed by atoms with van der Waals surface area (Å²) < 4.78 is 16.4. The number of halogens is 1. The van der Waals surface area contributed by atoms with Crippen molar-refractivity contribution < 1.29 is 14.2 Å². The van der Waals surface area contributed by atoms with Gasteiger partial charge in [0.15, 0.2) is 6.79 Å². The van der Waals surface area contributed by atoms with Gasteiger partial charge in [0.1, 0.15) is 11.5 Å². The number of hydrogen-bond acceptors (Lipinski definition) is 3. The van der Waals surface area contributed by atoms with Gasteiger partial charge < -0.3 is 14.2 Å². The van der Waals surface area contributed by atoms with Crippen LogP contribution < -0.4 is 9.47 Å². The van der Waals surface area contributed by atoms with Crippen LogP contribution in [-0.2, 0) is 4.74 Å². The molecule has 0 aliphatic carbocycles. The minimum Gasteiger partial charge on any atom is -0.497 e. The fourth-order valence-corrected chi connectivity index (χ4v) is 1.27. The Balaban J connectivity index is 2.64. The van der Waals surface area contributed by atoms with Crippen molar-refractivity contribution in [3.63, 3.8) is 0 Å². The van der Waals surface area contributed by atoms with Gasteiger partial charge in [0.05, 0.1) is 11.6 Å². The number of methoxy groups -OCH3 is 1. The van der Waals surface area contributed by atoms with E-state index in [1.54, 1.807) is 7.11 Å². The third-order valence-corrected chi connectivity index (χ3v) is 2.30. The second kappa shape index (κ2) is 5.88. The first kappa shape index (κ1) is 11.3. The molecule has 0 saturated carbocycles. The van der Waals surface area contributed by atoms with E-state index in [1.807, 2.05) is 25.1 Å². The number of ether oxygens (including phenoxy) is 3. The fraction of sp³-hybridized carbons (Fsp3) is 0.400. The van der Waals surface area contributed by atoms with E-state index in [9.17, 15) is 0 Å². The van der Waals surface area contributed by atoms with Gasteiger partial charge in [-0.1, -0.05) is 0 Å². The summed E-state index contributed by atoms with van der Waals surface area (Å²) in [6, 6.07) is 5.54. The van der Waals surface area contributed by atoms with Gasteiger partial charge in [-0.15, -0.1) is 0 Å². The maximum atomic E-state index is 5.37. The third kappa shape index (κ3) is 3.20. The average Bonchev–Trinajstić information content (AvgIpc) is 2.21. The van der Waals surface area contributed by atoms with Crippen LogP contribution in [0, 0.1) is 0 Å². The molecule has 0 saturated heterocycles. The van der Waals surface area contributed by atoms with Crippen molar-refractivity contribution in [1.82, 2.24) is 0 Å². The number of hydrogen-bond donors (Lipinski definition) is 0. The van der Waals surface area contributed by atoms with Gasteiger partial charge >= 0.3 is 0 Å². The van der Waals surface area contributed by atoms with Crippen LogP contribution in [0.5, 0.6) is 11.5 Å². The lowest BCUT2D eigenvalue weighted by Crippen LogP contribution is -2.02. The predicted octanol–water partition coefficient (Wildman–Crippen LogP) is 2.83. The number of benzene rings is 1. The Bertz CT molecular complexity index is 289. The van der Waals surface area contributed by atoms with E-state index in [0.29, 0.717) is 6.61 Å². The smallest absolute Gasteiger partial charge is 0.189 e. The van der Waals surface area contributed by atoms with Gasteiger partial charge in [-0.3, -0.25) is 0 Å². The fourth-order valence-electron chi connectivity index (χ4n) is 0.910. The molecule has 3 nitrogen and oxygen atoms in total. The first-order valence-corrected chi connectivity index (χ1v) is 5.11. The Morgan fingerprint density at radius 3 is 2.79 bits per heavy atom. The zero-order chi connectivity index (χ0) is 10.4. The molecule has 4 heteroatoms. The van der Waals surface area contributed by atoms with Gasteiger partial charge in [0.25, 0.3) is 0 Å². The molecule has 0 bridgehead atoms. The zero-order valence-electron chi connectivity index (χ0n) is 8.25. The molecule has 1 rings (SSSR count). The Morgan fingerprint density at radius 1 is 1.36 bits per heavy atom. The Kier molecular flexibility index (Phi) is 4.76. The van der Waals surface area contributed by atoms with Gasteiger partial charge in [-0.05, 0) is 35.0 Å². The first-order chi connectivity index (χ1) is 6.77. The summed E-state index contributed by atoms with van der Waals surface area (Å²) in [7, 11) is 1.62. The maximum Gasteiger partial charge on any atom is 0.189 e. The molecule has 1 aromatic rings. The summed E-state index contributed by atoms with van der Waals surface area (Å²) in [6.45, 7) is 2.81. The van der Waals surface area contributed by atoms with Crippen molar-refractivity contribution in [2.75, 3.05) is 20.5 Å². The highest BCUT2D eigenvalue weighted by Crippen LogP contribution is 2.29. The second-order valence-corrected chi connectivity index (χ2v) is 3.41. The van der Waals surface area contributed by atoms with Crippen LogP contribution in [0.4, 0.5) is 0 Å². The van der Waals surface area contributed by atoms with Crippen molar-refractivity contribution in [3.05, 3.63) is 22.7 Å². The molecule has 78 valence electrons. The maximum absolute atomic E-state index is 5.37. The molecule has 0 amide bonds. The van der Waals surface area contributed by atoms with E-state index in [-0.39, 0.29) is 6.79 Å². The van der Waals surface area contributed by atoms with Crippen molar-refractivity contribution in [1.29, 1.82) is 0 Å². The summed E-state index contributed by atoms with van der Waals surface area (Å²) >= 11 is 3.38. The largest absolute Gasteiger partial charge is 0.497 e. The van der Waals surface area contributed by atoms with Gasteiger partial charge in [0.2, 0.25) is 0 Å². The molecule has 0 unspecified atom stereocenters. The monoisotopic (exact) mass is 260 g/mol. The lowest BCUT2D eigenvalue weighted by molar-refractivity contribution is 0.0218. The molecule has 0 heterocycles. The molecule has 0 spiro atoms. The standard InChI is InChI=1S/C10H13BrO3/c1-3-13-7-14-10-6-8(12-2)4-5-9(10)11/h4-6H,3,7H2,1-2H3. The van der Waals surface area contributed by atoms with Gasteiger partial charge in [0, 0.05) is 12.7 Å². The lowest BCUT2D eigenvalue weighted by atomic mass is 10.3. The molecular formula is C10H13BrO3.